The number of amides is 1. The number of nitrogens with one attached hydrogen (secondary N) is 2. The molecule has 7 heteroatoms. The van der Waals surface area contributed by atoms with Gasteiger partial charge < -0.3 is 20.0 Å². The Morgan fingerprint density at radius 2 is 1.93 bits per heavy atom. The first-order valence-electron chi connectivity index (χ1n) is 8.51. The number of rotatable bonds is 6. The van der Waals surface area contributed by atoms with Crippen LogP contribution in [0.5, 0.6) is 5.75 Å². The summed E-state index contributed by atoms with van der Waals surface area (Å²) in [6.07, 6.45) is 0.902. The Bertz CT molecular complexity index is 867. The first-order chi connectivity index (χ1) is 12.8. The molecule has 6 nitrogen and oxygen atoms in total. The van der Waals surface area contributed by atoms with Gasteiger partial charge >= 0.3 is 0 Å². The minimum absolute atomic E-state index is 0.0205. The fourth-order valence-corrected chi connectivity index (χ4v) is 2.44. The van der Waals surface area contributed by atoms with Crippen LogP contribution in [0, 0.1) is 6.92 Å². The quantitative estimate of drug-likeness (QED) is 0.743. The molecule has 0 aliphatic carbocycles. The van der Waals surface area contributed by atoms with Crippen LogP contribution in [-0.2, 0) is 0 Å². The summed E-state index contributed by atoms with van der Waals surface area (Å²) in [5.41, 5.74) is 1.68. The van der Waals surface area contributed by atoms with Crippen LogP contribution in [0.25, 0.3) is 0 Å². The molecular formula is C20H21N2O4S-. The van der Waals surface area contributed by atoms with E-state index < -0.39 is 11.9 Å². The lowest BCUT2D eigenvalue weighted by molar-refractivity contribution is -0.255. The number of aromatic carboxylic acids is 1. The van der Waals surface area contributed by atoms with Gasteiger partial charge in [0, 0.05) is 11.3 Å². The first kappa shape index (κ1) is 20.4. The minimum Gasteiger partial charge on any atom is -0.545 e. The molecule has 0 saturated carbocycles. The normalized spacial score (nSPS) is 11.4. The summed E-state index contributed by atoms with van der Waals surface area (Å²) in [6, 6.07) is 11.3. The van der Waals surface area contributed by atoms with Crippen LogP contribution in [0.15, 0.2) is 42.5 Å². The van der Waals surface area contributed by atoms with Gasteiger partial charge in [0.2, 0.25) is 0 Å². The molecule has 0 fully saturated rings. The zero-order chi connectivity index (χ0) is 20.0. The number of benzene rings is 2. The largest absolute Gasteiger partial charge is 0.545 e. The predicted octanol–water partition coefficient (Wildman–Crippen LogP) is 2.66. The summed E-state index contributed by atoms with van der Waals surface area (Å²) >= 11 is 5.17. The van der Waals surface area contributed by atoms with Gasteiger partial charge in [-0.1, -0.05) is 25.1 Å². The molecule has 142 valence electrons. The molecule has 2 N–H and O–H groups in total. The number of carbonyl (C=O) groups is 2. The Kier molecular flexibility index (Phi) is 6.90. The number of carbonyl (C=O) groups excluding carboxylic acids is 2. The van der Waals surface area contributed by atoms with E-state index in [1.165, 1.54) is 12.1 Å². The molecule has 0 spiro atoms. The molecule has 0 bridgehead atoms. The molecular weight excluding hydrogens is 364 g/mol. The number of ether oxygens (including phenoxy) is 1. The van der Waals surface area contributed by atoms with Crippen LogP contribution in [0.4, 0.5) is 5.69 Å². The number of aryl methyl sites for hydroxylation is 1. The van der Waals surface area contributed by atoms with E-state index in [4.69, 9.17) is 17.0 Å². The van der Waals surface area contributed by atoms with Crippen LogP contribution in [0.2, 0.25) is 0 Å². The van der Waals surface area contributed by atoms with E-state index >= 15 is 0 Å². The fraction of sp³-hybridized carbons (Fsp3) is 0.250. The molecule has 1 amide bonds. The van der Waals surface area contributed by atoms with E-state index in [9.17, 15) is 14.7 Å². The average Bonchev–Trinajstić information content (AvgIpc) is 2.63. The summed E-state index contributed by atoms with van der Waals surface area (Å²) in [6.45, 7) is 5.76. The van der Waals surface area contributed by atoms with Crippen molar-refractivity contribution < 1.29 is 19.4 Å². The van der Waals surface area contributed by atoms with Gasteiger partial charge in [0.25, 0.3) is 5.91 Å². The van der Waals surface area contributed by atoms with Gasteiger partial charge in [0.1, 0.15) is 5.75 Å². The summed E-state index contributed by atoms with van der Waals surface area (Å²) in [5, 5.41) is 16.5. The zero-order valence-corrected chi connectivity index (χ0v) is 16.2. The van der Waals surface area contributed by atoms with Crippen molar-refractivity contribution in [2.24, 2.45) is 0 Å². The van der Waals surface area contributed by atoms with E-state index in [0.717, 1.165) is 12.0 Å². The highest BCUT2D eigenvalue weighted by atomic mass is 32.1. The standard InChI is InChI=1S/C20H22N2O4S/c1-4-13(3)26-16-7-5-6-14(10-16)18(23)22-20(27)21-17-11-15(19(24)25)9-8-12(17)2/h5-11,13H,4H2,1-3H3,(H,24,25)(H2,21,22,23,27)/p-1/t13-/m1/s1. The van der Waals surface area contributed by atoms with E-state index in [0.29, 0.717) is 17.0 Å². The molecule has 0 aliphatic heterocycles. The molecule has 2 aromatic rings. The van der Waals surface area contributed by atoms with Crippen LogP contribution < -0.4 is 20.5 Å². The summed E-state index contributed by atoms with van der Waals surface area (Å²) in [5.74, 6) is -1.07. The molecule has 2 aromatic carbocycles. The molecule has 0 radical (unpaired) electrons. The number of anilines is 1. The molecule has 0 aromatic heterocycles. The minimum atomic E-state index is -1.29. The maximum atomic E-state index is 12.4. The van der Waals surface area contributed by atoms with Crippen LogP contribution in [0.1, 0.15) is 46.5 Å². The van der Waals surface area contributed by atoms with Crippen molar-refractivity contribution in [2.75, 3.05) is 5.32 Å². The lowest BCUT2D eigenvalue weighted by Crippen LogP contribution is -2.34. The van der Waals surface area contributed by atoms with E-state index in [-0.39, 0.29) is 16.8 Å². The Morgan fingerprint density at radius 3 is 2.59 bits per heavy atom. The van der Waals surface area contributed by atoms with E-state index in [1.54, 1.807) is 37.3 Å². The summed E-state index contributed by atoms with van der Waals surface area (Å²) < 4.78 is 5.72. The third-order valence-electron chi connectivity index (χ3n) is 3.96. The molecule has 1 atom stereocenters. The summed E-state index contributed by atoms with van der Waals surface area (Å²) in [7, 11) is 0. The number of hydrogen-bond donors (Lipinski definition) is 2. The van der Waals surface area contributed by atoms with Crippen molar-refractivity contribution in [3.8, 4) is 5.75 Å². The molecule has 2 rings (SSSR count). The Morgan fingerprint density at radius 1 is 1.19 bits per heavy atom. The first-order valence-corrected chi connectivity index (χ1v) is 8.92. The number of carboxylic acid groups (broad SMARTS) is 1. The van der Waals surface area contributed by atoms with Crippen LogP contribution >= 0.6 is 12.2 Å². The van der Waals surface area contributed by atoms with Gasteiger partial charge in [-0.2, -0.15) is 0 Å². The fourth-order valence-electron chi connectivity index (χ4n) is 2.24. The molecule has 0 aliphatic rings. The lowest BCUT2D eigenvalue weighted by atomic mass is 10.1. The van der Waals surface area contributed by atoms with E-state index in [2.05, 4.69) is 10.6 Å². The predicted molar refractivity (Wildman–Crippen MR) is 106 cm³/mol. The van der Waals surface area contributed by atoms with Crippen LogP contribution in [0.3, 0.4) is 0 Å². The Hall–Kier alpha value is -2.93. The second kappa shape index (κ2) is 9.14. The topological polar surface area (TPSA) is 90.5 Å². The maximum Gasteiger partial charge on any atom is 0.257 e. The zero-order valence-electron chi connectivity index (χ0n) is 15.4. The summed E-state index contributed by atoms with van der Waals surface area (Å²) in [4.78, 5) is 23.4. The SMILES string of the molecule is CC[C@@H](C)Oc1cccc(C(=O)NC(=S)Nc2cc(C(=O)[O-])ccc2C)c1. The van der Waals surface area contributed by atoms with Crippen molar-refractivity contribution >= 4 is 34.9 Å². The number of hydrogen-bond acceptors (Lipinski definition) is 5. The highest BCUT2D eigenvalue weighted by Gasteiger charge is 2.11. The maximum absolute atomic E-state index is 12.4. The Balaban J connectivity index is 2.06. The van der Waals surface area contributed by atoms with E-state index in [1.807, 2.05) is 13.8 Å². The van der Waals surface area contributed by atoms with Crippen LogP contribution in [-0.4, -0.2) is 23.1 Å². The van der Waals surface area contributed by atoms with Gasteiger partial charge in [-0.25, -0.2) is 0 Å². The second-order valence-electron chi connectivity index (χ2n) is 6.09. The number of thiocarbonyl (C=S) groups is 1. The third kappa shape index (κ3) is 5.79. The average molecular weight is 385 g/mol. The second-order valence-corrected chi connectivity index (χ2v) is 6.50. The van der Waals surface area contributed by atoms with Gasteiger partial charge in [-0.15, -0.1) is 0 Å². The van der Waals surface area contributed by atoms with Crippen molar-refractivity contribution in [3.63, 3.8) is 0 Å². The van der Waals surface area contributed by atoms with Crippen molar-refractivity contribution in [1.29, 1.82) is 0 Å². The van der Waals surface area contributed by atoms with Gasteiger partial charge in [-0.3, -0.25) is 10.1 Å². The third-order valence-corrected chi connectivity index (χ3v) is 4.16. The van der Waals surface area contributed by atoms with Crippen molar-refractivity contribution in [2.45, 2.75) is 33.3 Å². The lowest BCUT2D eigenvalue weighted by Gasteiger charge is -2.15. The van der Waals surface area contributed by atoms with Gasteiger partial charge in [0.15, 0.2) is 5.11 Å². The molecule has 0 heterocycles. The van der Waals surface area contributed by atoms with Crippen molar-refractivity contribution in [1.82, 2.24) is 5.32 Å². The van der Waals surface area contributed by atoms with Gasteiger partial charge in [0.05, 0.1) is 12.1 Å². The highest BCUT2D eigenvalue weighted by Crippen LogP contribution is 2.18. The van der Waals surface area contributed by atoms with Gasteiger partial charge in [-0.05, 0) is 67.9 Å². The highest BCUT2D eigenvalue weighted by molar-refractivity contribution is 7.80. The smallest absolute Gasteiger partial charge is 0.257 e. The monoisotopic (exact) mass is 385 g/mol. The number of carboxylic acids is 1. The Labute approximate surface area is 163 Å². The molecule has 0 unspecified atom stereocenters. The molecule has 0 saturated heterocycles. The molecule has 27 heavy (non-hydrogen) atoms. The van der Waals surface area contributed by atoms with Crippen molar-refractivity contribution in [3.05, 3.63) is 59.2 Å².